The minimum Gasteiger partial charge on any atom is -0.311 e. The summed E-state index contributed by atoms with van der Waals surface area (Å²) in [6.45, 7) is 0. The SMILES string of the molecule is N#Cc1ccc(-c2ccc(-c3cccc(N4c5ccccc5[Si](c5ccccc5)(c5ccccc5)c5ccccc54)c3)cc2)nc1. The standard InChI is InChI=1S/C42H29N3Si/c43-29-31-22-27-38(44-30-31)33-25-23-32(24-26-33)34-12-11-13-35(28-34)45-39-18-7-9-20-41(39)46(36-14-3-1-4-15-36,37-16-5-2-6-17-37)42-21-10-8-19-40(42)45/h1-28,30H. The van der Waals surface area contributed by atoms with Crippen LogP contribution in [0.3, 0.4) is 0 Å². The lowest BCUT2D eigenvalue weighted by Crippen LogP contribution is -2.77. The van der Waals surface area contributed by atoms with Crippen molar-refractivity contribution >= 4 is 45.9 Å². The second kappa shape index (κ2) is 11.5. The first-order valence-electron chi connectivity index (χ1n) is 15.4. The van der Waals surface area contributed by atoms with Crippen molar-refractivity contribution in [3.63, 3.8) is 0 Å². The monoisotopic (exact) mass is 603 g/mol. The van der Waals surface area contributed by atoms with Gasteiger partial charge in [0.1, 0.15) is 6.07 Å². The van der Waals surface area contributed by atoms with Gasteiger partial charge in [0.05, 0.1) is 11.3 Å². The Balaban J connectivity index is 1.28. The van der Waals surface area contributed by atoms with E-state index < -0.39 is 8.07 Å². The van der Waals surface area contributed by atoms with Crippen LogP contribution in [0.15, 0.2) is 176 Å². The number of pyridine rings is 1. The third-order valence-corrected chi connectivity index (χ3v) is 13.9. The summed E-state index contributed by atoms with van der Waals surface area (Å²) < 4.78 is 0. The van der Waals surface area contributed by atoms with Crippen molar-refractivity contribution in [3.8, 4) is 28.5 Å². The molecule has 6 aromatic carbocycles. The first-order valence-corrected chi connectivity index (χ1v) is 17.4. The molecular weight excluding hydrogens is 575 g/mol. The zero-order valence-corrected chi connectivity index (χ0v) is 26.1. The van der Waals surface area contributed by atoms with Crippen molar-refractivity contribution in [2.75, 3.05) is 4.90 Å². The summed E-state index contributed by atoms with van der Waals surface area (Å²) in [5.74, 6) is 0. The van der Waals surface area contributed by atoms with Gasteiger partial charge < -0.3 is 4.90 Å². The molecule has 2 heterocycles. The van der Waals surface area contributed by atoms with Crippen molar-refractivity contribution < 1.29 is 0 Å². The van der Waals surface area contributed by atoms with E-state index in [1.54, 1.807) is 12.3 Å². The first-order chi connectivity index (χ1) is 22.8. The molecule has 46 heavy (non-hydrogen) atoms. The van der Waals surface area contributed by atoms with E-state index in [-0.39, 0.29) is 0 Å². The smallest absolute Gasteiger partial charge is 0.184 e. The van der Waals surface area contributed by atoms with E-state index in [1.807, 2.05) is 6.07 Å². The van der Waals surface area contributed by atoms with Gasteiger partial charge in [-0.3, -0.25) is 4.98 Å². The van der Waals surface area contributed by atoms with E-state index in [1.165, 1.54) is 32.1 Å². The summed E-state index contributed by atoms with van der Waals surface area (Å²) in [4.78, 5) is 6.91. The third-order valence-electron chi connectivity index (χ3n) is 9.02. The lowest BCUT2D eigenvalue weighted by Gasteiger charge is -2.45. The molecule has 0 saturated carbocycles. The molecule has 0 atom stereocenters. The summed E-state index contributed by atoms with van der Waals surface area (Å²) in [5.41, 5.74) is 8.28. The number of hydrogen-bond acceptors (Lipinski definition) is 3. The van der Waals surface area contributed by atoms with Crippen LogP contribution >= 0.6 is 0 Å². The first kappa shape index (κ1) is 27.5. The Morgan fingerprint density at radius 1 is 0.500 bits per heavy atom. The van der Waals surface area contributed by atoms with Crippen molar-refractivity contribution in [2.24, 2.45) is 0 Å². The predicted octanol–water partition coefficient (Wildman–Crippen LogP) is 7.45. The van der Waals surface area contributed by atoms with Crippen molar-refractivity contribution in [2.45, 2.75) is 0 Å². The van der Waals surface area contributed by atoms with E-state index in [2.05, 4.69) is 174 Å². The Kier molecular flexibility index (Phi) is 6.87. The molecule has 0 bridgehead atoms. The summed E-state index contributed by atoms with van der Waals surface area (Å²) in [6.07, 6.45) is 1.62. The number of para-hydroxylation sites is 2. The number of nitriles is 1. The lowest BCUT2D eigenvalue weighted by molar-refractivity contribution is 1.29. The van der Waals surface area contributed by atoms with Crippen LogP contribution in [0.25, 0.3) is 22.4 Å². The predicted molar refractivity (Wildman–Crippen MR) is 192 cm³/mol. The minimum absolute atomic E-state index is 0.561. The maximum Gasteiger partial charge on any atom is 0.184 e. The highest BCUT2D eigenvalue weighted by Crippen LogP contribution is 2.39. The fourth-order valence-electron chi connectivity index (χ4n) is 6.98. The molecule has 3 nitrogen and oxygen atoms in total. The Bertz CT molecular complexity index is 2110. The molecule has 7 aromatic rings. The highest BCUT2D eigenvalue weighted by Gasteiger charge is 2.48. The van der Waals surface area contributed by atoms with Gasteiger partial charge in [-0.1, -0.05) is 133 Å². The maximum atomic E-state index is 9.13. The van der Waals surface area contributed by atoms with Crippen LogP contribution in [0.5, 0.6) is 0 Å². The maximum absolute atomic E-state index is 9.13. The van der Waals surface area contributed by atoms with Gasteiger partial charge in [-0.25, -0.2) is 0 Å². The number of aromatic nitrogens is 1. The van der Waals surface area contributed by atoms with E-state index >= 15 is 0 Å². The zero-order chi connectivity index (χ0) is 30.9. The molecular formula is C42H29N3Si. The average molecular weight is 604 g/mol. The van der Waals surface area contributed by atoms with Crippen molar-refractivity contribution in [1.29, 1.82) is 5.26 Å². The normalized spacial score (nSPS) is 12.9. The minimum atomic E-state index is -2.64. The summed E-state index contributed by atoms with van der Waals surface area (Å²) in [6, 6.07) is 63.4. The molecule has 1 aromatic heterocycles. The van der Waals surface area contributed by atoms with Gasteiger partial charge in [0.25, 0.3) is 0 Å². The zero-order valence-electron chi connectivity index (χ0n) is 25.1. The average Bonchev–Trinajstić information content (AvgIpc) is 3.15. The van der Waals surface area contributed by atoms with Gasteiger partial charge in [0, 0.05) is 28.8 Å². The quantitative estimate of drug-likeness (QED) is 0.192. The van der Waals surface area contributed by atoms with Crippen LogP contribution in [0.4, 0.5) is 17.1 Å². The van der Waals surface area contributed by atoms with Crippen LogP contribution in [0.1, 0.15) is 5.56 Å². The molecule has 0 N–H and O–H groups in total. The van der Waals surface area contributed by atoms with Gasteiger partial charge in [-0.15, -0.1) is 0 Å². The second-order valence-corrected chi connectivity index (χ2v) is 15.3. The molecule has 0 radical (unpaired) electrons. The van der Waals surface area contributed by atoms with Gasteiger partial charge >= 0.3 is 0 Å². The molecule has 1 aliphatic heterocycles. The number of nitrogens with zero attached hydrogens (tertiary/aromatic N) is 3. The molecule has 0 spiro atoms. The highest BCUT2D eigenvalue weighted by atomic mass is 28.3. The molecule has 0 aliphatic carbocycles. The van der Waals surface area contributed by atoms with Crippen LogP contribution in [0.2, 0.25) is 0 Å². The van der Waals surface area contributed by atoms with E-state index in [9.17, 15) is 0 Å². The number of hydrogen-bond donors (Lipinski definition) is 0. The molecule has 1 aliphatic rings. The second-order valence-electron chi connectivity index (χ2n) is 11.5. The fourth-order valence-corrected chi connectivity index (χ4v) is 12.1. The van der Waals surface area contributed by atoms with Gasteiger partial charge in [-0.05, 0) is 68.3 Å². The summed E-state index contributed by atoms with van der Waals surface area (Å²) in [7, 11) is -2.64. The number of fused-ring (bicyclic) bond motifs is 2. The molecule has 0 amide bonds. The summed E-state index contributed by atoms with van der Waals surface area (Å²) in [5, 5.41) is 14.7. The van der Waals surface area contributed by atoms with Crippen LogP contribution < -0.4 is 25.6 Å². The topological polar surface area (TPSA) is 39.9 Å². The van der Waals surface area contributed by atoms with Crippen LogP contribution in [-0.2, 0) is 0 Å². The number of rotatable bonds is 5. The van der Waals surface area contributed by atoms with Gasteiger partial charge in [0.2, 0.25) is 0 Å². The van der Waals surface area contributed by atoms with Gasteiger partial charge in [-0.2, -0.15) is 5.26 Å². The molecule has 0 fully saturated rings. The summed E-state index contributed by atoms with van der Waals surface area (Å²) >= 11 is 0. The Morgan fingerprint density at radius 3 is 1.63 bits per heavy atom. The molecule has 0 saturated heterocycles. The Morgan fingerprint density at radius 2 is 1.07 bits per heavy atom. The van der Waals surface area contributed by atoms with E-state index in [0.29, 0.717) is 5.56 Å². The van der Waals surface area contributed by atoms with Crippen molar-refractivity contribution in [3.05, 3.63) is 182 Å². The number of benzene rings is 6. The molecule has 4 heteroatoms. The molecule has 0 unspecified atom stereocenters. The molecule has 8 rings (SSSR count). The van der Waals surface area contributed by atoms with E-state index in [0.717, 1.165) is 28.1 Å². The van der Waals surface area contributed by atoms with Crippen molar-refractivity contribution in [1.82, 2.24) is 4.98 Å². The van der Waals surface area contributed by atoms with E-state index in [4.69, 9.17) is 5.26 Å². The van der Waals surface area contributed by atoms with Crippen LogP contribution in [-0.4, -0.2) is 13.1 Å². The molecule has 216 valence electrons. The Hall–Kier alpha value is -6.02. The highest BCUT2D eigenvalue weighted by molar-refractivity contribution is 7.21. The Labute approximate surface area is 270 Å². The van der Waals surface area contributed by atoms with Gasteiger partial charge in [0.15, 0.2) is 8.07 Å². The number of anilines is 3. The largest absolute Gasteiger partial charge is 0.311 e. The fraction of sp³-hybridized carbons (Fsp3) is 0. The third kappa shape index (κ3) is 4.45. The van der Waals surface area contributed by atoms with Crippen LogP contribution in [0, 0.1) is 11.3 Å². The lowest BCUT2D eigenvalue weighted by atomic mass is 10.0.